The molecule has 2 aliphatic heterocycles. The van der Waals surface area contributed by atoms with Crippen LogP contribution in [0, 0.1) is 0 Å². The molecule has 0 saturated carbocycles. The summed E-state index contributed by atoms with van der Waals surface area (Å²) in [6.07, 6.45) is 0.378. The molecule has 1 aromatic rings. The summed E-state index contributed by atoms with van der Waals surface area (Å²) in [6, 6.07) is 3.86. The lowest BCUT2D eigenvalue weighted by atomic mass is 10.0. The summed E-state index contributed by atoms with van der Waals surface area (Å²) in [5.74, 6) is -0.00541. The largest absolute Gasteiger partial charge is 0.325 e. The van der Waals surface area contributed by atoms with Gasteiger partial charge in [0, 0.05) is 10.0 Å². The van der Waals surface area contributed by atoms with Crippen molar-refractivity contribution < 1.29 is 9.59 Å². The molecule has 2 amide bonds. The van der Waals surface area contributed by atoms with Gasteiger partial charge in [0.05, 0.1) is 23.1 Å². The van der Waals surface area contributed by atoms with Gasteiger partial charge in [-0.2, -0.15) is 5.10 Å². The molecule has 7 heteroatoms. The number of rotatable bonds is 1. The maximum absolute atomic E-state index is 11.4. The molecular weight excluding hydrogens is 330 g/mol. The zero-order chi connectivity index (χ0) is 13.6. The van der Waals surface area contributed by atoms with Gasteiger partial charge >= 0.3 is 0 Å². The van der Waals surface area contributed by atoms with Crippen LogP contribution in [0.15, 0.2) is 21.7 Å². The average molecular weight is 340 g/mol. The van der Waals surface area contributed by atoms with Gasteiger partial charge in [-0.25, -0.2) is 5.43 Å². The third-order valence-electron chi connectivity index (χ3n) is 3.02. The minimum atomic E-state index is -0.145. The molecule has 0 aromatic heterocycles. The fourth-order valence-corrected chi connectivity index (χ4v) is 3.51. The summed E-state index contributed by atoms with van der Waals surface area (Å²) in [4.78, 5) is 22.7. The molecule has 5 nitrogen and oxygen atoms in total. The summed E-state index contributed by atoms with van der Waals surface area (Å²) >= 11 is 4.67. The Morgan fingerprint density at radius 2 is 2.21 bits per heavy atom. The number of carbonyl (C=O) groups is 2. The Bertz CT molecular complexity index is 630. The van der Waals surface area contributed by atoms with Crippen molar-refractivity contribution in [3.8, 4) is 0 Å². The summed E-state index contributed by atoms with van der Waals surface area (Å²) in [5.41, 5.74) is 5.98. The Morgan fingerprint density at radius 1 is 1.42 bits per heavy atom. The van der Waals surface area contributed by atoms with Crippen LogP contribution in [0.4, 0.5) is 10.5 Å². The standard InChI is InChI=1S/C12H10BrN3O2S/c1-5-10(15-16-12(18)19-5)6-2-7-4-9(17)14-11(7)8(13)3-6/h2-3,5H,4H2,1H3,(H,14,17)(H,16,18). The van der Waals surface area contributed by atoms with E-state index in [1.54, 1.807) is 0 Å². The first-order chi connectivity index (χ1) is 9.04. The minimum Gasteiger partial charge on any atom is -0.325 e. The molecule has 2 heterocycles. The molecule has 0 aliphatic carbocycles. The van der Waals surface area contributed by atoms with E-state index in [9.17, 15) is 9.59 Å². The molecule has 0 fully saturated rings. The van der Waals surface area contributed by atoms with E-state index in [2.05, 4.69) is 31.8 Å². The van der Waals surface area contributed by atoms with Crippen molar-refractivity contribution in [3.05, 3.63) is 27.7 Å². The lowest BCUT2D eigenvalue weighted by molar-refractivity contribution is -0.115. The number of thioether (sulfide) groups is 1. The highest BCUT2D eigenvalue weighted by molar-refractivity contribution is 9.10. The number of hydrogen-bond acceptors (Lipinski definition) is 4. The fraction of sp³-hybridized carbons (Fsp3) is 0.250. The van der Waals surface area contributed by atoms with Crippen LogP contribution in [0.25, 0.3) is 0 Å². The van der Waals surface area contributed by atoms with E-state index in [1.807, 2.05) is 19.1 Å². The second kappa shape index (κ2) is 4.64. The van der Waals surface area contributed by atoms with E-state index in [4.69, 9.17) is 0 Å². The predicted octanol–water partition coefficient (Wildman–Crippen LogP) is 2.49. The number of benzene rings is 1. The number of nitrogens with zero attached hydrogens (tertiary/aromatic N) is 1. The lowest BCUT2D eigenvalue weighted by Crippen LogP contribution is -2.29. The topological polar surface area (TPSA) is 70.6 Å². The van der Waals surface area contributed by atoms with Crippen LogP contribution < -0.4 is 10.7 Å². The van der Waals surface area contributed by atoms with Crippen molar-refractivity contribution in [1.29, 1.82) is 0 Å². The first-order valence-corrected chi connectivity index (χ1v) is 7.38. The third-order valence-corrected chi connectivity index (χ3v) is 4.53. The van der Waals surface area contributed by atoms with Crippen molar-refractivity contribution in [1.82, 2.24) is 5.43 Å². The van der Waals surface area contributed by atoms with Crippen LogP contribution in [0.3, 0.4) is 0 Å². The quantitative estimate of drug-likeness (QED) is 0.825. The second-order valence-electron chi connectivity index (χ2n) is 4.37. The molecule has 1 aromatic carbocycles. The van der Waals surface area contributed by atoms with E-state index < -0.39 is 0 Å². The lowest BCUT2D eigenvalue weighted by Gasteiger charge is -2.19. The SMILES string of the molecule is CC1SC(=O)NN=C1c1cc(Br)c2c(c1)CC(=O)N2. The molecule has 1 unspecified atom stereocenters. The van der Waals surface area contributed by atoms with Crippen LogP contribution in [0.2, 0.25) is 0 Å². The maximum Gasteiger partial charge on any atom is 0.299 e. The van der Waals surface area contributed by atoms with Gasteiger partial charge in [-0.05, 0) is 40.5 Å². The van der Waals surface area contributed by atoms with E-state index in [1.165, 1.54) is 11.8 Å². The number of hydrazone groups is 1. The van der Waals surface area contributed by atoms with Gasteiger partial charge in [-0.15, -0.1) is 0 Å². The highest BCUT2D eigenvalue weighted by Gasteiger charge is 2.26. The Balaban J connectivity index is 2.03. The van der Waals surface area contributed by atoms with Gasteiger partial charge in [0.2, 0.25) is 5.91 Å². The first kappa shape index (κ1) is 12.7. The Hall–Kier alpha value is -1.34. The van der Waals surface area contributed by atoms with Crippen LogP contribution in [-0.4, -0.2) is 22.1 Å². The Morgan fingerprint density at radius 3 is 2.95 bits per heavy atom. The monoisotopic (exact) mass is 339 g/mol. The molecule has 2 N–H and O–H groups in total. The second-order valence-corrected chi connectivity index (χ2v) is 6.54. The zero-order valence-corrected chi connectivity index (χ0v) is 12.4. The third kappa shape index (κ3) is 2.28. The van der Waals surface area contributed by atoms with E-state index in [-0.39, 0.29) is 16.4 Å². The zero-order valence-electron chi connectivity index (χ0n) is 9.99. The fourth-order valence-electron chi connectivity index (χ4n) is 2.19. The van der Waals surface area contributed by atoms with Gasteiger partial charge in [0.1, 0.15) is 0 Å². The Labute approximate surface area is 122 Å². The van der Waals surface area contributed by atoms with E-state index in [0.717, 1.165) is 27.0 Å². The van der Waals surface area contributed by atoms with Crippen LogP contribution in [0.1, 0.15) is 18.1 Å². The predicted molar refractivity (Wildman–Crippen MR) is 78.6 cm³/mol. The van der Waals surface area contributed by atoms with Crippen molar-refractivity contribution in [2.45, 2.75) is 18.6 Å². The molecule has 19 heavy (non-hydrogen) atoms. The molecule has 98 valence electrons. The average Bonchev–Trinajstić information content (AvgIpc) is 2.70. The molecule has 0 spiro atoms. The van der Waals surface area contributed by atoms with Gasteiger partial charge in [0.15, 0.2) is 0 Å². The summed E-state index contributed by atoms with van der Waals surface area (Å²) in [6.45, 7) is 1.94. The molecular formula is C12H10BrN3O2S. The van der Waals surface area contributed by atoms with E-state index in [0.29, 0.717) is 6.42 Å². The van der Waals surface area contributed by atoms with Crippen LogP contribution >= 0.6 is 27.7 Å². The molecule has 1 atom stereocenters. The van der Waals surface area contributed by atoms with E-state index >= 15 is 0 Å². The van der Waals surface area contributed by atoms with Gasteiger partial charge in [0.25, 0.3) is 5.24 Å². The molecule has 2 aliphatic rings. The van der Waals surface area contributed by atoms with Gasteiger partial charge < -0.3 is 5.32 Å². The van der Waals surface area contributed by atoms with Gasteiger partial charge in [-0.1, -0.05) is 11.8 Å². The smallest absolute Gasteiger partial charge is 0.299 e. The van der Waals surface area contributed by atoms with Crippen molar-refractivity contribution in [2.24, 2.45) is 5.10 Å². The minimum absolute atomic E-state index is 0.00541. The summed E-state index contributed by atoms with van der Waals surface area (Å²) < 4.78 is 0.836. The highest BCUT2D eigenvalue weighted by Crippen LogP contribution is 2.34. The summed E-state index contributed by atoms with van der Waals surface area (Å²) in [7, 11) is 0. The highest BCUT2D eigenvalue weighted by atomic mass is 79.9. The van der Waals surface area contributed by atoms with Crippen LogP contribution in [-0.2, 0) is 11.2 Å². The number of nitrogens with one attached hydrogen (secondary N) is 2. The molecule has 0 saturated heterocycles. The van der Waals surface area contributed by atoms with Gasteiger partial charge in [-0.3, -0.25) is 9.59 Å². The number of halogens is 1. The molecule has 0 bridgehead atoms. The molecule has 0 radical (unpaired) electrons. The maximum atomic E-state index is 11.4. The molecule has 3 rings (SSSR count). The number of carbonyl (C=O) groups excluding carboxylic acids is 2. The van der Waals surface area contributed by atoms with Crippen molar-refractivity contribution >= 4 is 50.2 Å². The number of anilines is 1. The first-order valence-electron chi connectivity index (χ1n) is 5.71. The number of fused-ring (bicyclic) bond motifs is 1. The van der Waals surface area contributed by atoms with Crippen molar-refractivity contribution in [2.75, 3.05) is 5.32 Å². The number of amides is 2. The summed E-state index contributed by atoms with van der Waals surface area (Å²) in [5, 5.41) is 6.78. The number of hydrogen-bond donors (Lipinski definition) is 2. The van der Waals surface area contributed by atoms with Crippen LogP contribution in [0.5, 0.6) is 0 Å². The Kier molecular flexibility index (Phi) is 3.10. The normalized spacial score (nSPS) is 21.6. The van der Waals surface area contributed by atoms with Crippen molar-refractivity contribution in [3.63, 3.8) is 0 Å².